The number of aromatic nitrogens is 3. The molecule has 0 saturated carbocycles. The van der Waals surface area contributed by atoms with E-state index in [2.05, 4.69) is 20.6 Å². The zero-order valence-electron chi connectivity index (χ0n) is 19.7. The first kappa shape index (κ1) is 23.7. The van der Waals surface area contributed by atoms with E-state index in [4.69, 9.17) is 10.5 Å². The Hall–Kier alpha value is -4.47. The Kier molecular flexibility index (Phi) is 6.37. The summed E-state index contributed by atoms with van der Waals surface area (Å²) in [4.78, 5) is 34.5. The van der Waals surface area contributed by atoms with Crippen LogP contribution in [0.2, 0.25) is 0 Å². The molecule has 4 N–H and O–H groups in total. The van der Waals surface area contributed by atoms with Gasteiger partial charge in [0.1, 0.15) is 29.4 Å². The van der Waals surface area contributed by atoms with Gasteiger partial charge < -0.3 is 25.7 Å². The minimum atomic E-state index is -0.660. The highest BCUT2D eigenvalue weighted by Gasteiger charge is 2.24. The number of nitrogen functional groups attached to an aromatic ring is 1. The number of anilines is 3. The quantitative estimate of drug-likeness (QED) is 0.339. The van der Waals surface area contributed by atoms with E-state index in [-0.39, 0.29) is 28.9 Å². The fourth-order valence-electron chi connectivity index (χ4n) is 3.80. The summed E-state index contributed by atoms with van der Waals surface area (Å²) in [6.45, 7) is 5.72. The summed E-state index contributed by atoms with van der Waals surface area (Å²) in [5.74, 6) is -0.434. The van der Waals surface area contributed by atoms with Crippen molar-refractivity contribution in [1.29, 1.82) is 0 Å². The number of urea groups is 1. The van der Waals surface area contributed by atoms with E-state index >= 15 is 0 Å². The molecular formula is C25H25FN6O3. The number of amides is 2. The van der Waals surface area contributed by atoms with Crippen molar-refractivity contribution in [2.75, 3.05) is 23.5 Å². The highest BCUT2D eigenvalue weighted by atomic mass is 19.1. The van der Waals surface area contributed by atoms with E-state index in [0.717, 1.165) is 5.56 Å². The largest absolute Gasteiger partial charge is 0.496 e. The number of aryl methyl sites for hydroxylation is 1. The zero-order chi connectivity index (χ0) is 25.3. The number of nitrogens with zero attached hydrogens (tertiary/aromatic N) is 3. The number of carbonyl (C=O) groups is 2. The molecule has 4 aromatic rings. The van der Waals surface area contributed by atoms with Gasteiger partial charge in [-0.1, -0.05) is 6.07 Å². The molecule has 0 aliphatic heterocycles. The number of hydrogen-bond donors (Lipinski definition) is 3. The standard InChI is InChI=1S/C25H25FN6O3/c1-13(2)32-11-17(21-23(27)28-12-29-24(21)32)22(33)16-10-15(6-8-20(16)35-4)30-25(34)31-19-9-14(3)5-7-18(19)26/h5-13H,1-4H3,(H2,27,28,29)(H2,30,31,34). The molecule has 0 bridgehead atoms. The molecule has 2 heterocycles. The first-order valence-electron chi connectivity index (χ1n) is 10.9. The number of nitrogens with two attached hydrogens (primary N) is 1. The van der Waals surface area contributed by atoms with Crippen LogP contribution in [0.3, 0.4) is 0 Å². The Morgan fingerprint density at radius 3 is 2.57 bits per heavy atom. The lowest BCUT2D eigenvalue weighted by atomic mass is 10.0. The second-order valence-electron chi connectivity index (χ2n) is 8.31. The highest BCUT2D eigenvalue weighted by molar-refractivity contribution is 6.19. The van der Waals surface area contributed by atoms with E-state index in [1.807, 2.05) is 18.4 Å². The summed E-state index contributed by atoms with van der Waals surface area (Å²) in [7, 11) is 1.45. The van der Waals surface area contributed by atoms with Crippen molar-refractivity contribution in [3.05, 3.63) is 71.4 Å². The van der Waals surface area contributed by atoms with E-state index in [0.29, 0.717) is 28.0 Å². The van der Waals surface area contributed by atoms with Crippen LogP contribution in [0.5, 0.6) is 5.75 Å². The fourth-order valence-corrected chi connectivity index (χ4v) is 3.80. The first-order valence-corrected chi connectivity index (χ1v) is 10.9. The van der Waals surface area contributed by atoms with Crippen LogP contribution in [0.1, 0.15) is 41.4 Å². The third-order valence-electron chi connectivity index (χ3n) is 5.51. The summed E-state index contributed by atoms with van der Waals surface area (Å²) in [6, 6.07) is 8.40. The van der Waals surface area contributed by atoms with E-state index in [9.17, 15) is 14.0 Å². The van der Waals surface area contributed by atoms with Crippen LogP contribution in [-0.2, 0) is 0 Å². The van der Waals surface area contributed by atoms with Crippen molar-refractivity contribution in [2.45, 2.75) is 26.8 Å². The molecular weight excluding hydrogens is 451 g/mol. The Morgan fingerprint density at radius 2 is 1.86 bits per heavy atom. The second-order valence-corrected chi connectivity index (χ2v) is 8.31. The second kappa shape index (κ2) is 9.41. The van der Waals surface area contributed by atoms with Crippen LogP contribution < -0.4 is 21.1 Å². The molecule has 2 aromatic heterocycles. The maximum atomic E-state index is 14.0. The summed E-state index contributed by atoms with van der Waals surface area (Å²) in [6.07, 6.45) is 3.04. The molecule has 180 valence electrons. The maximum absolute atomic E-state index is 14.0. The molecule has 10 heteroatoms. The lowest BCUT2D eigenvalue weighted by Crippen LogP contribution is -2.20. The van der Waals surface area contributed by atoms with Crippen LogP contribution in [-0.4, -0.2) is 33.5 Å². The van der Waals surface area contributed by atoms with Crippen molar-refractivity contribution in [2.24, 2.45) is 0 Å². The number of benzene rings is 2. The molecule has 35 heavy (non-hydrogen) atoms. The maximum Gasteiger partial charge on any atom is 0.323 e. The Labute approximate surface area is 201 Å². The number of rotatable bonds is 6. The number of fused-ring (bicyclic) bond motifs is 1. The molecule has 0 atom stereocenters. The molecule has 0 spiro atoms. The van der Waals surface area contributed by atoms with Crippen molar-refractivity contribution < 1.29 is 18.7 Å². The fraction of sp³-hybridized carbons (Fsp3) is 0.200. The lowest BCUT2D eigenvalue weighted by molar-refractivity contribution is 0.103. The number of ketones is 1. The van der Waals surface area contributed by atoms with Crippen LogP contribution in [0.15, 0.2) is 48.9 Å². The molecule has 2 aromatic carbocycles. The van der Waals surface area contributed by atoms with Crippen molar-refractivity contribution in [1.82, 2.24) is 14.5 Å². The zero-order valence-corrected chi connectivity index (χ0v) is 19.7. The Morgan fingerprint density at radius 1 is 1.09 bits per heavy atom. The molecule has 0 saturated heterocycles. The van der Waals surface area contributed by atoms with Crippen molar-refractivity contribution in [3.63, 3.8) is 0 Å². The SMILES string of the molecule is COc1ccc(NC(=O)Nc2cc(C)ccc2F)cc1C(=O)c1cn(C(C)C)c2ncnc(N)c12. The molecule has 0 unspecified atom stereocenters. The van der Waals surface area contributed by atoms with E-state index in [1.165, 1.54) is 31.6 Å². The number of ether oxygens (including phenoxy) is 1. The third kappa shape index (κ3) is 4.63. The van der Waals surface area contributed by atoms with Gasteiger partial charge in [-0.05, 0) is 56.7 Å². The number of methoxy groups -OCH3 is 1. The average Bonchev–Trinajstić information content (AvgIpc) is 3.22. The van der Waals surface area contributed by atoms with Gasteiger partial charge in [0.25, 0.3) is 0 Å². The van der Waals surface area contributed by atoms with Crippen LogP contribution >= 0.6 is 0 Å². The summed E-state index contributed by atoms with van der Waals surface area (Å²) in [5.41, 5.74) is 8.33. The van der Waals surface area contributed by atoms with Gasteiger partial charge in [-0.15, -0.1) is 0 Å². The molecule has 0 radical (unpaired) electrons. The molecule has 0 aliphatic rings. The normalized spacial score (nSPS) is 11.0. The lowest BCUT2D eigenvalue weighted by Gasteiger charge is -2.12. The average molecular weight is 477 g/mol. The van der Waals surface area contributed by atoms with Gasteiger partial charge >= 0.3 is 6.03 Å². The van der Waals surface area contributed by atoms with E-state index in [1.54, 1.807) is 31.3 Å². The Bertz CT molecular complexity index is 1450. The molecule has 9 nitrogen and oxygen atoms in total. The number of nitrogens with one attached hydrogen (secondary N) is 2. The molecule has 0 aliphatic carbocycles. The molecule has 4 rings (SSSR count). The number of hydrogen-bond acceptors (Lipinski definition) is 6. The summed E-state index contributed by atoms with van der Waals surface area (Å²) < 4.78 is 21.3. The predicted octanol–water partition coefficient (Wildman–Crippen LogP) is 4.93. The summed E-state index contributed by atoms with van der Waals surface area (Å²) >= 11 is 0. The number of halogens is 1. The van der Waals surface area contributed by atoms with Crippen LogP contribution in [0.4, 0.5) is 26.4 Å². The molecule has 0 fully saturated rings. The topological polar surface area (TPSA) is 124 Å². The van der Waals surface area contributed by atoms with Gasteiger partial charge in [0.15, 0.2) is 5.78 Å². The van der Waals surface area contributed by atoms with Gasteiger partial charge in [0.05, 0.1) is 29.3 Å². The first-order chi connectivity index (χ1) is 16.7. The van der Waals surface area contributed by atoms with Gasteiger partial charge in [-0.25, -0.2) is 19.2 Å². The Balaban J connectivity index is 1.69. The van der Waals surface area contributed by atoms with Gasteiger partial charge in [0, 0.05) is 17.9 Å². The van der Waals surface area contributed by atoms with Gasteiger partial charge in [-0.2, -0.15) is 0 Å². The van der Waals surface area contributed by atoms with Crippen LogP contribution in [0, 0.1) is 12.7 Å². The third-order valence-corrected chi connectivity index (χ3v) is 5.51. The monoisotopic (exact) mass is 476 g/mol. The minimum Gasteiger partial charge on any atom is -0.496 e. The van der Waals surface area contributed by atoms with Crippen LogP contribution in [0.25, 0.3) is 11.0 Å². The van der Waals surface area contributed by atoms with Crippen molar-refractivity contribution >= 4 is 40.0 Å². The van der Waals surface area contributed by atoms with Gasteiger partial charge in [0.2, 0.25) is 0 Å². The predicted molar refractivity (Wildman–Crippen MR) is 133 cm³/mol. The minimum absolute atomic E-state index is 0.0222. The van der Waals surface area contributed by atoms with Gasteiger partial charge in [-0.3, -0.25) is 4.79 Å². The highest BCUT2D eigenvalue weighted by Crippen LogP contribution is 2.32. The molecule has 2 amide bonds. The van der Waals surface area contributed by atoms with Crippen molar-refractivity contribution in [3.8, 4) is 5.75 Å². The number of carbonyl (C=O) groups excluding carboxylic acids is 2. The summed E-state index contributed by atoms with van der Waals surface area (Å²) in [5, 5.41) is 5.55. The van der Waals surface area contributed by atoms with E-state index < -0.39 is 11.8 Å². The smallest absolute Gasteiger partial charge is 0.323 e.